The van der Waals surface area contributed by atoms with Crippen LogP contribution in [-0.4, -0.2) is 51.0 Å². The van der Waals surface area contributed by atoms with Crippen molar-refractivity contribution in [2.24, 2.45) is 0 Å². The van der Waals surface area contributed by atoms with Crippen LogP contribution < -0.4 is 5.32 Å². The number of nitrogens with zero attached hydrogens (tertiary/aromatic N) is 3. The zero-order valence-corrected chi connectivity index (χ0v) is 17.6. The fourth-order valence-electron chi connectivity index (χ4n) is 4.04. The molecule has 1 fully saturated rings. The Morgan fingerprint density at radius 1 is 1.27 bits per heavy atom. The molecule has 1 aliphatic rings. The SMILES string of the molecule is Cc1sc2ncnc(NCCCC(=O)N3CCCC3C(=O)O)c2c1-c1ccccc1. The topological polar surface area (TPSA) is 95.4 Å². The second-order valence-electron chi connectivity index (χ2n) is 7.42. The molecule has 4 rings (SSSR count). The fraction of sp³-hybridized carbons (Fsp3) is 0.364. The Hall–Kier alpha value is -3.00. The van der Waals surface area contributed by atoms with E-state index >= 15 is 0 Å². The molecule has 2 N–H and O–H groups in total. The number of aliphatic carboxylic acids is 1. The van der Waals surface area contributed by atoms with Crippen LogP contribution in [-0.2, 0) is 9.59 Å². The quantitative estimate of drug-likeness (QED) is 0.558. The highest BCUT2D eigenvalue weighted by molar-refractivity contribution is 7.19. The van der Waals surface area contributed by atoms with Gasteiger partial charge in [0.1, 0.15) is 23.0 Å². The number of thiophene rings is 1. The van der Waals surface area contributed by atoms with Crippen LogP contribution in [0.15, 0.2) is 36.7 Å². The number of amides is 1. The third kappa shape index (κ3) is 4.00. The van der Waals surface area contributed by atoms with Crippen LogP contribution in [0.4, 0.5) is 5.82 Å². The summed E-state index contributed by atoms with van der Waals surface area (Å²) in [6.07, 6.45) is 3.77. The summed E-state index contributed by atoms with van der Waals surface area (Å²) in [5, 5.41) is 13.6. The first kappa shape index (κ1) is 20.3. The van der Waals surface area contributed by atoms with E-state index in [2.05, 4.69) is 34.3 Å². The molecular formula is C22H24N4O3S. The van der Waals surface area contributed by atoms with Crippen LogP contribution in [0, 0.1) is 6.92 Å². The van der Waals surface area contributed by atoms with Gasteiger partial charge in [-0.25, -0.2) is 14.8 Å². The number of fused-ring (bicyclic) bond motifs is 1. The molecule has 0 aliphatic carbocycles. The van der Waals surface area contributed by atoms with Crippen molar-refractivity contribution < 1.29 is 14.7 Å². The van der Waals surface area contributed by atoms with Gasteiger partial charge in [-0.15, -0.1) is 11.3 Å². The minimum Gasteiger partial charge on any atom is -0.480 e. The van der Waals surface area contributed by atoms with Gasteiger partial charge in [0.25, 0.3) is 0 Å². The second kappa shape index (κ2) is 8.79. The molecule has 156 valence electrons. The minimum atomic E-state index is -0.913. The van der Waals surface area contributed by atoms with Crippen molar-refractivity contribution >= 4 is 39.2 Å². The van der Waals surface area contributed by atoms with Crippen molar-refractivity contribution in [3.05, 3.63) is 41.5 Å². The molecule has 1 amide bonds. The molecule has 8 heteroatoms. The number of benzene rings is 1. The molecule has 0 spiro atoms. The molecule has 0 bridgehead atoms. The monoisotopic (exact) mass is 424 g/mol. The van der Waals surface area contributed by atoms with Crippen LogP contribution in [0.1, 0.15) is 30.6 Å². The number of hydrogen-bond acceptors (Lipinski definition) is 6. The number of carbonyl (C=O) groups is 2. The molecule has 1 atom stereocenters. The summed E-state index contributed by atoms with van der Waals surface area (Å²) in [4.78, 5) is 36.2. The van der Waals surface area contributed by atoms with Gasteiger partial charge in [-0.05, 0) is 31.7 Å². The van der Waals surface area contributed by atoms with Gasteiger partial charge in [0.2, 0.25) is 5.91 Å². The Morgan fingerprint density at radius 3 is 2.83 bits per heavy atom. The summed E-state index contributed by atoms with van der Waals surface area (Å²) in [5.41, 5.74) is 2.26. The molecule has 3 heterocycles. The van der Waals surface area contributed by atoms with Gasteiger partial charge in [-0.1, -0.05) is 30.3 Å². The first-order valence-electron chi connectivity index (χ1n) is 10.1. The van der Waals surface area contributed by atoms with Crippen molar-refractivity contribution in [2.75, 3.05) is 18.4 Å². The largest absolute Gasteiger partial charge is 0.480 e. The molecule has 7 nitrogen and oxygen atoms in total. The number of aromatic nitrogens is 2. The maximum Gasteiger partial charge on any atom is 0.326 e. The Balaban J connectivity index is 1.45. The molecule has 1 saturated heterocycles. The predicted molar refractivity (Wildman–Crippen MR) is 118 cm³/mol. The van der Waals surface area contributed by atoms with Crippen LogP contribution in [0.5, 0.6) is 0 Å². The van der Waals surface area contributed by atoms with Gasteiger partial charge < -0.3 is 15.3 Å². The van der Waals surface area contributed by atoms with Crippen molar-refractivity contribution in [1.29, 1.82) is 0 Å². The Labute approximate surface area is 178 Å². The zero-order chi connectivity index (χ0) is 21.1. The number of carbonyl (C=O) groups excluding carboxylic acids is 1. The molecule has 1 aliphatic heterocycles. The Morgan fingerprint density at radius 2 is 2.07 bits per heavy atom. The number of nitrogens with one attached hydrogen (secondary N) is 1. The van der Waals surface area contributed by atoms with Gasteiger partial charge in [-0.2, -0.15) is 0 Å². The molecule has 0 radical (unpaired) electrons. The number of anilines is 1. The molecule has 1 unspecified atom stereocenters. The van der Waals surface area contributed by atoms with Gasteiger partial charge in [-0.3, -0.25) is 4.79 Å². The molecule has 3 aromatic rings. The van der Waals surface area contributed by atoms with Crippen LogP contribution >= 0.6 is 11.3 Å². The van der Waals surface area contributed by atoms with Crippen LogP contribution in [0.3, 0.4) is 0 Å². The lowest BCUT2D eigenvalue weighted by atomic mass is 10.0. The number of rotatable bonds is 7. The molecule has 1 aromatic carbocycles. The molecule has 30 heavy (non-hydrogen) atoms. The van der Waals surface area contributed by atoms with Crippen molar-refractivity contribution in [3.63, 3.8) is 0 Å². The number of carboxylic acids is 1. The number of aryl methyl sites for hydroxylation is 1. The van der Waals surface area contributed by atoms with Crippen LogP contribution in [0.2, 0.25) is 0 Å². The first-order valence-corrected chi connectivity index (χ1v) is 10.9. The summed E-state index contributed by atoms with van der Waals surface area (Å²) in [6.45, 7) is 3.20. The number of carboxylic acid groups (broad SMARTS) is 1. The first-order chi connectivity index (χ1) is 14.6. The third-order valence-corrected chi connectivity index (χ3v) is 6.46. The summed E-state index contributed by atoms with van der Waals surface area (Å²) < 4.78 is 0. The van der Waals surface area contributed by atoms with Crippen molar-refractivity contribution in [3.8, 4) is 11.1 Å². The van der Waals surface area contributed by atoms with Gasteiger partial charge in [0.05, 0.1) is 5.39 Å². The highest BCUT2D eigenvalue weighted by Crippen LogP contribution is 2.40. The third-order valence-electron chi connectivity index (χ3n) is 5.44. The lowest BCUT2D eigenvalue weighted by molar-refractivity contribution is -0.148. The zero-order valence-electron chi connectivity index (χ0n) is 16.8. The van der Waals surface area contributed by atoms with E-state index in [9.17, 15) is 14.7 Å². The van der Waals surface area contributed by atoms with Gasteiger partial charge >= 0.3 is 5.97 Å². The normalized spacial score (nSPS) is 16.2. The lowest BCUT2D eigenvalue weighted by Crippen LogP contribution is -2.40. The van der Waals surface area contributed by atoms with Crippen molar-refractivity contribution in [1.82, 2.24) is 14.9 Å². The predicted octanol–water partition coefficient (Wildman–Crippen LogP) is 3.93. The standard InChI is InChI=1S/C22H24N4O3S/c1-14-18(15-7-3-2-4-8-15)19-20(24-13-25-21(19)30-14)23-11-5-10-17(27)26-12-6-9-16(26)22(28)29/h2-4,7-8,13,16H,5-6,9-12H2,1H3,(H,28,29)(H,23,24,25). The fourth-order valence-corrected chi connectivity index (χ4v) is 5.06. The maximum absolute atomic E-state index is 12.4. The van der Waals surface area contributed by atoms with E-state index in [1.54, 1.807) is 17.7 Å². The Bertz CT molecular complexity index is 1070. The van der Waals surface area contributed by atoms with E-state index < -0.39 is 12.0 Å². The summed E-state index contributed by atoms with van der Waals surface area (Å²) >= 11 is 1.64. The van der Waals surface area contributed by atoms with Gasteiger partial charge in [0, 0.05) is 30.0 Å². The maximum atomic E-state index is 12.4. The summed E-state index contributed by atoms with van der Waals surface area (Å²) in [5.74, 6) is -0.241. The van der Waals surface area contributed by atoms with E-state index in [1.807, 2.05) is 18.2 Å². The second-order valence-corrected chi connectivity index (χ2v) is 8.62. The average molecular weight is 425 g/mol. The lowest BCUT2D eigenvalue weighted by Gasteiger charge is -2.21. The van der Waals surface area contributed by atoms with E-state index in [0.29, 0.717) is 32.4 Å². The van der Waals surface area contributed by atoms with E-state index in [1.165, 1.54) is 9.78 Å². The minimum absolute atomic E-state index is 0.0918. The Kier molecular flexibility index (Phi) is 5.94. The van der Waals surface area contributed by atoms with E-state index in [4.69, 9.17) is 0 Å². The van der Waals surface area contributed by atoms with Gasteiger partial charge in [0.15, 0.2) is 0 Å². The molecular weight excluding hydrogens is 400 g/mol. The summed E-state index contributed by atoms with van der Waals surface area (Å²) in [7, 11) is 0. The number of likely N-dealkylation sites (tertiary alicyclic amines) is 1. The van der Waals surface area contributed by atoms with E-state index in [0.717, 1.165) is 33.6 Å². The van der Waals surface area contributed by atoms with E-state index in [-0.39, 0.29) is 5.91 Å². The molecule has 0 saturated carbocycles. The molecule has 2 aromatic heterocycles. The smallest absolute Gasteiger partial charge is 0.326 e. The number of hydrogen-bond donors (Lipinski definition) is 2. The highest BCUT2D eigenvalue weighted by atomic mass is 32.1. The van der Waals surface area contributed by atoms with Crippen molar-refractivity contribution in [2.45, 2.75) is 38.6 Å². The summed E-state index contributed by atoms with van der Waals surface area (Å²) in [6, 6.07) is 9.52. The highest BCUT2D eigenvalue weighted by Gasteiger charge is 2.33. The average Bonchev–Trinajstić information content (AvgIpc) is 3.36. The van der Waals surface area contributed by atoms with Crippen LogP contribution in [0.25, 0.3) is 21.3 Å².